The molecule has 1 aromatic heterocycles. The second-order valence-electron chi connectivity index (χ2n) is 4.53. The number of fused-ring (bicyclic) bond motifs is 1. The average Bonchev–Trinajstić information content (AvgIpc) is 2.94. The molecule has 0 saturated heterocycles. The third-order valence-electron chi connectivity index (χ3n) is 3.42. The van der Waals surface area contributed by atoms with Crippen LogP contribution in [0.2, 0.25) is 0 Å². The zero-order valence-corrected chi connectivity index (χ0v) is 11.3. The fourth-order valence-corrected chi connectivity index (χ4v) is 5.12. The molecular formula is C13H16N2S2. The SMILES string of the molecule is NCC1CCCC1Sc1nc2ccccc2s1. The summed E-state index contributed by atoms with van der Waals surface area (Å²) in [6, 6.07) is 8.36. The summed E-state index contributed by atoms with van der Waals surface area (Å²) in [7, 11) is 0. The van der Waals surface area contributed by atoms with Gasteiger partial charge in [0.25, 0.3) is 0 Å². The van der Waals surface area contributed by atoms with Gasteiger partial charge in [0.15, 0.2) is 4.34 Å². The van der Waals surface area contributed by atoms with Crippen molar-refractivity contribution in [2.24, 2.45) is 11.7 Å². The van der Waals surface area contributed by atoms with Gasteiger partial charge >= 0.3 is 0 Å². The quantitative estimate of drug-likeness (QED) is 0.922. The maximum absolute atomic E-state index is 5.82. The van der Waals surface area contributed by atoms with Crippen LogP contribution in [0, 0.1) is 5.92 Å². The molecule has 2 nitrogen and oxygen atoms in total. The van der Waals surface area contributed by atoms with Gasteiger partial charge in [-0.15, -0.1) is 11.3 Å². The van der Waals surface area contributed by atoms with Crippen molar-refractivity contribution in [3.63, 3.8) is 0 Å². The molecule has 0 spiro atoms. The van der Waals surface area contributed by atoms with Gasteiger partial charge in [-0.3, -0.25) is 0 Å². The fraction of sp³-hybridized carbons (Fsp3) is 0.462. The summed E-state index contributed by atoms with van der Waals surface area (Å²) in [5, 5.41) is 0.681. The number of hydrogen-bond acceptors (Lipinski definition) is 4. The number of benzene rings is 1. The normalized spacial score (nSPS) is 24.5. The monoisotopic (exact) mass is 264 g/mol. The Bertz CT molecular complexity index is 476. The van der Waals surface area contributed by atoms with Crippen LogP contribution in [-0.4, -0.2) is 16.8 Å². The number of nitrogens with two attached hydrogens (primary N) is 1. The second-order valence-corrected chi connectivity index (χ2v) is 7.05. The lowest BCUT2D eigenvalue weighted by molar-refractivity contribution is 0.573. The Hall–Kier alpha value is -0.580. The van der Waals surface area contributed by atoms with Gasteiger partial charge in [-0.25, -0.2) is 4.98 Å². The summed E-state index contributed by atoms with van der Waals surface area (Å²) in [6.45, 7) is 0.822. The summed E-state index contributed by atoms with van der Waals surface area (Å²) in [5.74, 6) is 0.687. The predicted octanol–water partition coefficient (Wildman–Crippen LogP) is 3.52. The van der Waals surface area contributed by atoms with Gasteiger partial charge in [0.2, 0.25) is 0 Å². The molecule has 90 valence electrons. The van der Waals surface area contributed by atoms with Gasteiger partial charge in [0.1, 0.15) is 0 Å². The van der Waals surface area contributed by atoms with Crippen LogP contribution in [0.5, 0.6) is 0 Å². The molecule has 4 heteroatoms. The molecule has 1 saturated carbocycles. The summed E-state index contributed by atoms with van der Waals surface area (Å²) >= 11 is 3.74. The molecule has 2 aromatic rings. The highest BCUT2D eigenvalue weighted by Crippen LogP contribution is 2.40. The maximum atomic E-state index is 5.82. The fourth-order valence-electron chi connectivity index (χ4n) is 2.46. The van der Waals surface area contributed by atoms with Crippen LogP contribution in [0.3, 0.4) is 0 Å². The van der Waals surface area contributed by atoms with Crippen molar-refractivity contribution in [1.82, 2.24) is 4.98 Å². The molecular weight excluding hydrogens is 248 g/mol. The van der Waals surface area contributed by atoms with E-state index in [-0.39, 0.29) is 0 Å². The number of thioether (sulfide) groups is 1. The van der Waals surface area contributed by atoms with Crippen molar-refractivity contribution in [3.8, 4) is 0 Å². The number of nitrogens with zero attached hydrogens (tertiary/aromatic N) is 1. The van der Waals surface area contributed by atoms with Gasteiger partial charge in [0, 0.05) is 5.25 Å². The first kappa shape index (κ1) is 11.5. The number of thiazole rings is 1. The van der Waals surface area contributed by atoms with E-state index in [9.17, 15) is 0 Å². The van der Waals surface area contributed by atoms with E-state index < -0.39 is 0 Å². The molecule has 0 bridgehead atoms. The third-order valence-corrected chi connectivity index (χ3v) is 6.00. The topological polar surface area (TPSA) is 38.9 Å². The molecule has 17 heavy (non-hydrogen) atoms. The zero-order chi connectivity index (χ0) is 11.7. The smallest absolute Gasteiger partial charge is 0.151 e. The van der Waals surface area contributed by atoms with Crippen LogP contribution in [0.4, 0.5) is 0 Å². The van der Waals surface area contributed by atoms with Gasteiger partial charge in [0.05, 0.1) is 10.2 Å². The van der Waals surface area contributed by atoms with Crippen molar-refractivity contribution >= 4 is 33.3 Å². The van der Waals surface area contributed by atoms with Crippen molar-refractivity contribution in [2.75, 3.05) is 6.54 Å². The van der Waals surface area contributed by atoms with Gasteiger partial charge < -0.3 is 5.73 Å². The zero-order valence-electron chi connectivity index (χ0n) is 9.63. The predicted molar refractivity (Wildman–Crippen MR) is 75.7 cm³/mol. The maximum Gasteiger partial charge on any atom is 0.151 e. The molecule has 1 heterocycles. The highest BCUT2D eigenvalue weighted by Gasteiger charge is 2.27. The van der Waals surface area contributed by atoms with Crippen molar-refractivity contribution in [2.45, 2.75) is 28.9 Å². The van der Waals surface area contributed by atoms with E-state index in [2.05, 4.69) is 29.2 Å². The molecule has 1 aliphatic carbocycles. The molecule has 3 rings (SSSR count). The lowest BCUT2D eigenvalue weighted by atomic mass is 10.1. The first-order valence-corrected chi connectivity index (χ1v) is 7.79. The van der Waals surface area contributed by atoms with Crippen LogP contribution >= 0.6 is 23.1 Å². The molecule has 2 atom stereocenters. The van der Waals surface area contributed by atoms with Crippen molar-refractivity contribution in [1.29, 1.82) is 0 Å². The van der Waals surface area contributed by atoms with Gasteiger partial charge in [-0.2, -0.15) is 0 Å². The van der Waals surface area contributed by atoms with Crippen LogP contribution in [0.1, 0.15) is 19.3 Å². The van der Waals surface area contributed by atoms with Gasteiger partial charge in [-0.1, -0.05) is 30.3 Å². The highest BCUT2D eigenvalue weighted by atomic mass is 32.2. The average molecular weight is 264 g/mol. The molecule has 0 radical (unpaired) electrons. The minimum atomic E-state index is 0.681. The molecule has 0 aliphatic heterocycles. The van der Waals surface area contributed by atoms with E-state index in [0.717, 1.165) is 12.1 Å². The van der Waals surface area contributed by atoms with E-state index in [1.165, 1.54) is 28.3 Å². The highest BCUT2D eigenvalue weighted by molar-refractivity contribution is 8.01. The summed E-state index contributed by atoms with van der Waals surface area (Å²) in [4.78, 5) is 4.69. The van der Waals surface area contributed by atoms with Crippen LogP contribution < -0.4 is 5.73 Å². The van der Waals surface area contributed by atoms with E-state index in [0.29, 0.717) is 11.2 Å². The van der Waals surface area contributed by atoms with Gasteiger partial charge in [-0.05, 0) is 37.4 Å². The van der Waals surface area contributed by atoms with Crippen LogP contribution in [0.25, 0.3) is 10.2 Å². The Balaban J connectivity index is 1.80. The Kier molecular flexibility index (Phi) is 3.36. The molecule has 2 unspecified atom stereocenters. The summed E-state index contributed by atoms with van der Waals surface area (Å²) in [5.41, 5.74) is 6.95. The number of para-hydroxylation sites is 1. The number of rotatable bonds is 3. The third kappa shape index (κ3) is 2.34. The van der Waals surface area contributed by atoms with E-state index in [1.807, 2.05) is 23.1 Å². The Morgan fingerprint density at radius 3 is 3.06 bits per heavy atom. The first-order valence-electron chi connectivity index (χ1n) is 6.09. The van der Waals surface area contributed by atoms with E-state index in [4.69, 9.17) is 5.73 Å². The minimum Gasteiger partial charge on any atom is -0.330 e. The first-order chi connectivity index (χ1) is 8.36. The molecule has 1 aromatic carbocycles. The van der Waals surface area contributed by atoms with Crippen molar-refractivity contribution < 1.29 is 0 Å². The molecule has 0 amide bonds. The minimum absolute atomic E-state index is 0.681. The number of aromatic nitrogens is 1. The standard InChI is InChI=1S/C13H16N2S2/c14-8-9-4-3-7-11(9)16-13-15-10-5-1-2-6-12(10)17-13/h1-2,5-6,9,11H,3-4,7-8,14H2. The van der Waals surface area contributed by atoms with Crippen LogP contribution in [-0.2, 0) is 0 Å². The summed E-state index contributed by atoms with van der Waals surface area (Å²) in [6.07, 6.45) is 3.91. The molecule has 1 aliphatic rings. The largest absolute Gasteiger partial charge is 0.330 e. The lowest BCUT2D eigenvalue weighted by Crippen LogP contribution is -2.19. The number of hydrogen-bond donors (Lipinski definition) is 1. The van der Waals surface area contributed by atoms with E-state index in [1.54, 1.807) is 0 Å². The molecule has 1 fully saturated rings. The second kappa shape index (κ2) is 4.96. The Morgan fingerprint density at radius 1 is 1.35 bits per heavy atom. The lowest BCUT2D eigenvalue weighted by Gasteiger charge is -2.15. The van der Waals surface area contributed by atoms with Crippen LogP contribution in [0.15, 0.2) is 28.6 Å². The van der Waals surface area contributed by atoms with Crippen molar-refractivity contribution in [3.05, 3.63) is 24.3 Å². The Morgan fingerprint density at radius 2 is 2.24 bits per heavy atom. The van der Waals surface area contributed by atoms with E-state index >= 15 is 0 Å². The summed E-state index contributed by atoms with van der Waals surface area (Å²) < 4.78 is 2.49. The molecule has 2 N–H and O–H groups in total. The Labute approximate surface area is 110 Å².